The molecular weight excluding hydrogens is 282 g/mol. The van der Waals surface area contributed by atoms with Crippen LogP contribution in [-0.2, 0) is 12.8 Å². The second-order valence-corrected chi connectivity index (χ2v) is 7.72. The number of thiazole rings is 1. The predicted octanol–water partition coefficient (Wildman–Crippen LogP) is 3.97. The molecule has 1 unspecified atom stereocenters. The highest BCUT2D eigenvalue weighted by molar-refractivity contribution is 7.14. The summed E-state index contributed by atoms with van der Waals surface area (Å²) < 4.78 is 5.99. The van der Waals surface area contributed by atoms with Crippen LogP contribution in [0.5, 0.6) is 5.75 Å². The highest BCUT2D eigenvalue weighted by Crippen LogP contribution is 2.42. The second-order valence-electron chi connectivity index (χ2n) is 6.69. The molecule has 1 atom stereocenters. The third-order valence-corrected chi connectivity index (χ3v) is 5.41. The number of Topliss-reactive ketones (excluding diaryl/α,β-unsaturated/α-hetero) is 1. The number of rotatable bonds is 1. The summed E-state index contributed by atoms with van der Waals surface area (Å²) in [5.41, 5.74) is 2.22. The molecule has 4 heteroatoms. The van der Waals surface area contributed by atoms with Crippen molar-refractivity contribution in [3.8, 4) is 5.75 Å². The van der Waals surface area contributed by atoms with E-state index in [4.69, 9.17) is 9.72 Å². The van der Waals surface area contributed by atoms with Crippen LogP contribution < -0.4 is 4.74 Å². The number of aromatic nitrogens is 1. The number of carbonyl (C=O) groups excluding carboxylic acids is 1. The molecule has 21 heavy (non-hydrogen) atoms. The SMILES string of the molecule is CC1(C)CC(=O)c2sc(C3Cc4ccccc4O3)nc2C1. The van der Waals surface area contributed by atoms with Crippen molar-refractivity contribution in [3.63, 3.8) is 0 Å². The first-order valence-electron chi connectivity index (χ1n) is 7.29. The summed E-state index contributed by atoms with van der Waals surface area (Å²) >= 11 is 1.53. The zero-order valence-electron chi connectivity index (χ0n) is 12.2. The normalized spacial score (nSPS) is 22.6. The van der Waals surface area contributed by atoms with Gasteiger partial charge in [0.05, 0.1) is 10.6 Å². The second kappa shape index (κ2) is 4.41. The van der Waals surface area contributed by atoms with Crippen LogP contribution in [0.2, 0.25) is 0 Å². The van der Waals surface area contributed by atoms with Gasteiger partial charge >= 0.3 is 0 Å². The van der Waals surface area contributed by atoms with Crippen LogP contribution >= 0.6 is 11.3 Å². The molecule has 2 aliphatic rings. The number of carbonyl (C=O) groups is 1. The van der Waals surface area contributed by atoms with E-state index in [-0.39, 0.29) is 17.3 Å². The molecule has 2 aromatic rings. The predicted molar refractivity (Wildman–Crippen MR) is 82.1 cm³/mol. The first-order chi connectivity index (χ1) is 10.0. The lowest BCUT2D eigenvalue weighted by Gasteiger charge is -2.26. The molecule has 1 aliphatic heterocycles. The van der Waals surface area contributed by atoms with E-state index in [2.05, 4.69) is 19.9 Å². The van der Waals surface area contributed by atoms with Gasteiger partial charge in [-0.3, -0.25) is 4.79 Å². The number of hydrogen-bond acceptors (Lipinski definition) is 4. The van der Waals surface area contributed by atoms with Crippen LogP contribution in [0.3, 0.4) is 0 Å². The van der Waals surface area contributed by atoms with Crippen molar-refractivity contribution in [2.75, 3.05) is 0 Å². The number of nitrogens with zero attached hydrogens (tertiary/aromatic N) is 1. The van der Waals surface area contributed by atoms with Gasteiger partial charge in [0, 0.05) is 12.8 Å². The van der Waals surface area contributed by atoms with Gasteiger partial charge in [-0.1, -0.05) is 32.0 Å². The average molecular weight is 299 g/mol. The fourth-order valence-corrected chi connectivity index (χ4v) is 4.25. The van der Waals surface area contributed by atoms with E-state index in [1.165, 1.54) is 16.9 Å². The van der Waals surface area contributed by atoms with Gasteiger partial charge in [0.15, 0.2) is 11.9 Å². The minimum absolute atomic E-state index is 0.0227. The van der Waals surface area contributed by atoms with Gasteiger partial charge in [0.1, 0.15) is 10.8 Å². The summed E-state index contributed by atoms with van der Waals surface area (Å²) in [7, 11) is 0. The van der Waals surface area contributed by atoms with Gasteiger partial charge in [-0.15, -0.1) is 11.3 Å². The molecule has 3 nitrogen and oxygen atoms in total. The summed E-state index contributed by atoms with van der Waals surface area (Å²) in [4.78, 5) is 17.9. The fourth-order valence-electron chi connectivity index (χ4n) is 3.20. The first-order valence-corrected chi connectivity index (χ1v) is 8.11. The van der Waals surface area contributed by atoms with Gasteiger partial charge in [0.25, 0.3) is 0 Å². The Morgan fingerprint density at radius 3 is 2.90 bits per heavy atom. The molecule has 0 fully saturated rings. The summed E-state index contributed by atoms with van der Waals surface area (Å²) in [5, 5.41) is 0.947. The highest BCUT2D eigenvalue weighted by Gasteiger charge is 2.36. The van der Waals surface area contributed by atoms with Crippen LogP contribution in [0, 0.1) is 5.41 Å². The van der Waals surface area contributed by atoms with Gasteiger partial charge in [0.2, 0.25) is 0 Å². The lowest BCUT2D eigenvalue weighted by molar-refractivity contribution is 0.0916. The zero-order chi connectivity index (χ0) is 14.6. The van der Waals surface area contributed by atoms with E-state index in [0.717, 1.165) is 34.2 Å². The molecule has 4 rings (SSSR count). The highest BCUT2D eigenvalue weighted by atomic mass is 32.1. The van der Waals surface area contributed by atoms with Crippen molar-refractivity contribution in [1.29, 1.82) is 0 Å². The van der Waals surface area contributed by atoms with Gasteiger partial charge < -0.3 is 4.74 Å². The molecule has 0 N–H and O–H groups in total. The quantitative estimate of drug-likeness (QED) is 0.799. The van der Waals surface area contributed by atoms with E-state index >= 15 is 0 Å². The lowest BCUT2D eigenvalue weighted by Crippen LogP contribution is -2.26. The fraction of sp³-hybridized carbons (Fsp3) is 0.412. The van der Waals surface area contributed by atoms with E-state index in [1.54, 1.807) is 0 Å². The molecule has 0 saturated carbocycles. The Balaban J connectivity index is 1.66. The largest absolute Gasteiger partial charge is 0.483 e. The van der Waals surface area contributed by atoms with E-state index in [0.29, 0.717) is 6.42 Å². The number of ketones is 1. The number of fused-ring (bicyclic) bond motifs is 2. The zero-order valence-corrected chi connectivity index (χ0v) is 13.0. The summed E-state index contributed by atoms with van der Waals surface area (Å²) in [6.45, 7) is 4.27. The molecule has 0 saturated heterocycles. The maximum absolute atomic E-state index is 12.3. The first kappa shape index (κ1) is 13.0. The van der Waals surface area contributed by atoms with E-state index in [9.17, 15) is 4.79 Å². The van der Waals surface area contributed by atoms with E-state index in [1.807, 2.05) is 18.2 Å². The van der Waals surface area contributed by atoms with Crippen molar-refractivity contribution in [2.45, 2.75) is 39.2 Å². The van der Waals surface area contributed by atoms with Crippen LogP contribution in [0.4, 0.5) is 0 Å². The monoisotopic (exact) mass is 299 g/mol. The minimum Gasteiger partial charge on any atom is -0.483 e. The topological polar surface area (TPSA) is 39.2 Å². The maximum Gasteiger partial charge on any atom is 0.175 e. The van der Waals surface area contributed by atoms with Crippen molar-refractivity contribution in [3.05, 3.63) is 45.4 Å². The number of hydrogen-bond donors (Lipinski definition) is 0. The minimum atomic E-state index is -0.0334. The van der Waals surface area contributed by atoms with Crippen molar-refractivity contribution >= 4 is 17.1 Å². The third-order valence-electron chi connectivity index (χ3n) is 4.17. The van der Waals surface area contributed by atoms with Gasteiger partial charge in [-0.25, -0.2) is 4.98 Å². The average Bonchev–Trinajstić information content (AvgIpc) is 2.99. The standard InChI is InChI=1S/C17H17NO2S/c1-17(2)8-11-15(12(19)9-17)21-16(18-11)14-7-10-5-3-4-6-13(10)20-14/h3-6,14H,7-9H2,1-2H3. The molecule has 0 bridgehead atoms. The lowest BCUT2D eigenvalue weighted by atomic mass is 9.78. The van der Waals surface area contributed by atoms with Crippen LogP contribution in [-0.4, -0.2) is 10.8 Å². The summed E-state index contributed by atoms with van der Waals surface area (Å²) in [6.07, 6.45) is 2.31. The molecule has 108 valence electrons. The van der Waals surface area contributed by atoms with Crippen LogP contribution in [0.15, 0.2) is 24.3 Å². The Kier molecular flexibility index (Phi) is 2.73. The maximum atomic E-state index is 12.3. The Labute approximate surface area is 128 Å². The van der Waals surface area contributed by atoms with Crippen molar-refractivity contribution in [2.24, 2.45) is 5.41 Å². The smallest absolute Gasteiger partial charge is 0.175 e. The molecule has 1 aromatic carbocycles. The van der Waals surface area contributed by atoms with Crippen LogP contribution in [0.25, 0.3) is 0 Å². The molecular formula is C17H17NO2S. The molecule has 2 heterocycles. The molecule has 0 radical (unpaired) electrons. The number of benzene rings is 1. The Morgan fingerprint density at radius 2 is 2.10 bits per heavy atom. The Bertz CT molecular complexity index is 707. The Hall–Kier alpha value is -1.68. The number of para-hydroxylation sites is 1. The van der Waals surface area contributed by atoms with Crippen molar-refractivity contribution < 1.29 is 9.53 Å². The van der Waals surface area contributed by atoms with Gasteiger partial charge in [-0.2, -0.15) is 0 Å². The third kappa shape index (κ3) is 2.18. The molecule has 0 amide bonds. The summed E-state index contributed by atoms with van der Waals surface area (Å²) in [6, 6.07) is 8.11. The number of ether oxygens (including phenoxy) is 1. The molecule has 0 spiro atoms. The summed E-state index contributed by atoms with van der Waals surface area (Å²) in [5.74, 6) is 1.18. The van der Waals surface area contributed by atoms with Crippen LogP contribution in [0.1, 0.15) is 52.3 Å². The van der Waals surface area contributed by atoms with Crippen molar-refractivity contribution in [1.82, 2.24) is 4.98 Å². The molecule has 1 aliphatic carbocycles. The molecule has 1 aromatic heterocycles. The van der Waals surface area contributed by atoms with Gasteiger partial charge in [-0.05, 0) is 23.5 Å². The van der Waals surface area contributed by atoms with E-state index < -0.39 is 0 Å². The Morgan fingerprint density at radius 1 is 1.29 bits per heavy atom.